The van der Waals surface area contributed by atoms with Crippen molar-refractivity contribution in [3.05, 3.63) is 30.5 Å². The molecule has 1 aromatic carbocycles. The summed E-state index contributed by atoms with van der Waals surface area (Å²) in [7, 11) is 0. The third-order valence-corrected chi connectivity index (χ3v) is 2.40. The lowest BCUT2D eigenvalue weighted by Gasteiger charge is -2.06. The van der Waals surface area contributed by atoms with E-state index in [9.17, 15) is 0 Å². The molecule has 2 rings (SSSR count). The molecule has 15 heavy (non-hydrogen) atoms. The van der Waals surface area contributed by atoms with Crippen LogP contribution in [0.1, 0.15) is 6.92 Å². The van der Waals surface area contributed by atoms with Crippen LogP contribution < -0.4 is 4.74 Å². The molecule has 0 saturated carbocycles. The van der Waals surface area contributed by atoms with Gasteiger partial charge in [-0.05, 0) is 31.2 Å². The van der Waals surface area contributed by atoms with E-state index < -0.39 is 0 Å². The van der Waals surface area contributed by atoms with Crippen molar-refractivity contribution in [2.75, 3.05) is 13.2 Å². The van der Waals surface area contributed by atoms with E-state index in [1.807, 2.05) is 18.3 Å². The maximum absolute atomic E-state index is 8.71. The van der Waals surface area contributed by atoms with Gasteiger partial charge in [-0.3, -0.25) is 0 Å². The molecule has 0 amide bonds. The molecule has 0 saturated heterocycles. The number of nitrogens with zero attached hydrogens (tertiary/aromatic N) is 1. The van der Waals surface area contributed by atoms with E-state index in [0.717, 1.165) is 23.2 Å². The molecular formula is C12H14NO2. The predicted molar refractivity (Wildman–Crippen MR) is 59.0 cm³/mol. The van der Waals surface area contributed by atoms with Crippen LogP contribution in [0.4, 0.5) is 0 Å². The van der Waals surface area contributed by atoms with Gasteiger partial charge in [0.2, 0.25) is 0 Å². The van der Waals surface area contributed by atoms with E-state index in [1.165, 1.54) is 0 Å². The van der Waals surface area contributed by atoms with Crippen LogP contribution in [-0.2, 0) is 6.54 Å². The van der Waals surface area contributed by atoms with E-state index in [2.05, 4.69) is 17.6 Å². The van der Waals surface area contributed by atoms with Crippen LogP contribution in [0, 0.1) is 6.07 Å². The summed E-state index contributed by atoms with van der Waals surface area (Å²) >= 11 is 0. The maximum Gasteiger partial charge on any atom is 0.129 e. The molecule has 2 aromatic rings. The molecule has 0 atom stereocenters. The lowest BCUT2D eigenvalue weighted by atomic mass is 10.2. The Morgan fingerprint density at radius 1 is 1.47 bits per heavy atom. The van der Waals surface area contributed by atoms with Gasteiger partial charge < -0.3 is 14.4 Å². The van der Waals surface area contributed by atoms with Gasteiger partial charge in [0.15, 0.2) is 0 Å². The number of ether oxygens (including phenoxy) is 1. The average molecular weight is 204 g/mol. The number of fused-ring (bicyclic) bond motifs is 1. The Bertz CT molecular complexity index is 448. The first-order valence-corrected chi connectivity index (χ1v) is 5.09. The Balaban J connectivity index is 2.42. The van der Waals surface area contributed by atoms with Gasteiger partial charge in [-0.2, -0.15) is 0 Å². The second-order valence-electron chi connectivity index (χ2n) is 3.29. The third-order valence-electron chi connectivity index (χ3n) is 2.40. The minimum atomic E-state index is 0.0326. The summed E-state index contributed by atoms with van der Waals surface area (Å²) in [6, 6.07) is 8.83. The van der Waals surface area contributed by atoms with E-state index in [4.69, 9.17) is 9.84 Å². The topological polar surface area (TPSA) is 34.4 Å². The summed E-state index contributed by atoms with van der Waals surface area (Å²) in [5, 5.41) is 9.78. The number of aliphatic hydroxyl groups is 1. The first-order chi connectivity index (χ1) is 7.36. The Morgan fingerprint density at radius 3 is 3.07 bits per heavy atom. The number of rotatable bonds is 4. The van der Waals surface area contributed by atoms with Gasteiger partial charge in [0.05, 0.1) is 12.1 Å². The fourth-order valence-corrected chi connectivity index (χ4v) is 1.68. The second-order valence-corrected chi connectivity index (χ2v) is 3.29. The van der Waals surface area contributed by atoms with Crippen molar-refractivity contribution >= 4 is 10.9 Å². The molecule has 1 aromatic heterocycles. The largest absolute Gasteiger partial charge is 0.490 e. The maximum atomic E-state index is 8.71. The van der Waals surface area contributed by atoms with Crippen LogP contribution in [0.25, 0.3) is 10.9 Å². The molecule has 1 N–H and O–H groups in total. The normalized spacial score (nSPS) is 10.8. The minimum absolute atomic E-state index is 0.0326. The molecule has 3 nitrogen and oxygen atoms in total. The molecular weight excluding hydrogens is 190 g/mol. The van der Waals surface area contributed by atoms with Gasteiger partial charge in [0.25, 0.3) is 0 Å². The fourth-order valence-electron chi connectivity index (χ4n) is 1.68. The summed E-state index contributed by atoms with van der Waals surface area (Å²) in [5.41, 5.74) is 1.12. The summed E-state index contributed by atoms with van der Waals surface area (Å²) in [6.07, 6.45) is 2.03. The Labute approximate surface area is 88.9 Å². The quantitative estimate of drug-likeness (QED) is 0.824. The second kappa shape index (κ2) is 4.36. The van der Waals surface area contributed by atoms with Crippen molar-refractivity contribution < 1.29 is 9.84 Å². The van der Waals surface area contributed by atoms with Crippen LogP contribution in [0.3, 0.4) is 0 Å². The molecule has 0 bridgehead atoms. The van der Waals surface area contributed by atoms with Crippen molar-refractivity contribution in [1.82, 2.24) is 4.57 Å². The zero-order valence-electron chi connectivity index (χ0n) is 8.73. The minimum Gasteiger partial charge on any atom is -0.490 e. The molecule has 79 valence electrons. The SMILES string of the molecule is CCn1ccc2c(OCCO)c[c]cc21. The predicted octanol–water partition coefficient (Wildman–Crippen LogP) is 1.83. The highest BCUT2D eigenvalue weighted by Gasteiger charge is 2.05. The molecule has 0 unspecified atom stereocenters. The number of aliphatic hydroxyl groups excluding tert-OH is 1. The van der Waals surface area contributed by atoms with Crippen LogP contribution in [0.15, 0.2) is 24.4 Å². The summed E-state index contributed by atoms with van der Waals surface area (Å²) in [6.45, 7) is 3.39. The highest BCUT2D eigenvalue weighted by atomic mass is 16.5. The van der Waals surface area contributed by atoms with Crippen molar-refractivity contribution in [3.8, 4) is 5.75 Å². The van der Waals surface area contributed by atoms with Crippen LogP contribution >= 0.6 is 0 Å². The molecule has 1 radical (unpaired) electrons. The van der Waals surface area contributed by atoms with Crippen molar-refractivity contribution in [3.63, 3.8) is 0 Å². The molecule has 0 aliphatic heterocycles. The fraction of sp³-hybridized carbons (Fsp3) is 0.333. The molecule has 0 fully saturated rings. The van der Waals surface area contributed by atoms with Gasteiger partial charge in [0, 0.05) is 18.1 Å². The van der Waals surface area contributed by atoms with E-state index in [1.54, 1.807) is 6.07 Å². The van der Waals surface area contributed by atoms with Crippen molar-refractivity contribution in [1.29, 1.82) is 0 Å². The van der Waals surface area contributed by atoms with Crippen LogP contribution in [-0.4, -0.2) is 22.9 Å². The average Bonchev–Trinajstić information content (AvgIpc) is 2.69. The summed E-state index contributed by atoms with van der Waals surface area (Å²) in [4.78, 5) is 0. The summed E-state index contributed by atoms with van der Waals surface area (Å²) in [5.74, 6) is 0.786. The lowest BCUT2D eigenvalue weighted by molar-refractivity contribution is 0.203. The number of benzene rings is 1. The van der Waals surface area contributed by atoms with E-state index in [-0.39, 0.29) is 6.61 Å². The van der Waals surface area contributed by atoms with E-state index >= 15 is 0 Å². The van der Waals surface area contributed by atoms with Gasteiger partial charge in [-0.15, -0.1) is 0 Å². The standard InChI is InChI=1S/C12H14NO2/c1-2-13-7-6-10-11(13)4-3-5-12(10)15-9-8-14/h4-7,14H,2,8-9H2,1H3. The smallest absolute Gasteiger partial charge is 0.129 e. The van der Waals surface area contributed by atoms with Gasteiger partial charge in [0.1, 0.15) is 12.4 Å². The highest BCUT2D eigenvalue weighted by Crippen LogP contribution is 2.26. The zero-order valence-corrected chi connectivity index (χ0v) is 8.73. The van der Waals surface area contributed by atoms with Gasteiger partial charge in [-0.1, -0.05) is 0 Å². The Hall–Kier alpha value is -1.48. The Kier molecular flexibility index (Phi) is 2.92. The van der Waals surface area contributed by atoms with Crippen LogP contribution in [0.5, 0.6) is 5.75 Å². The first-order valence-electron chi connectivity index (χ1n) is 5.09. The number of hydrogen-bond donors (Lipinski definition) is 1. The molecule has 0 aliphatic carbocycles. The third kappa shape index (κ3) is 1.83. The lowest BCUT2D eigenvalue weighted by Crippen LogP contribution is -2.01. The summed E-state index contributed by atoms with van der Waals surface area (Å²) < 4.78 is 7.57. The molecule has 0 aliphatic rings. The number of aromatic nitrogens is 1. The van der Waals surface area contributed by atoms with Gasteiger partial charge >= 0.3 is 0 Å². The van der Waals surface area contributed by atoms with Crippen molar-refractivity contribution in [2.24, 2.45) is 0 Å². The monoisotopic (exact) mass is 204 g/mol. The zero-order chi connectivity index (χ0) is 10.7. The number of hydrogen-bond acceptors (Lipinski definition) is 2. The first kappa shape index (κ1) is 10.1. The number of aryl methyl sites for hydroxylation is 1. The molecule has 1 heterocycles. The molecule has 0 spiro atoms. The Morgan fingerprint density at radius 2 is 2.33 bits per heavy atom. The highest BCUT2D eigenvalue weighted by molar-refractivity contribution is 5.86. The van der Waals surface area contributed by atoms with E-state index in [0.29, 0.717) is 6.61 Å². The molecule has 3 heteroatoms. The van der Waals surface area contributed by atoms with Crippen molar-refractivity contribution in [2.45, 2.75) is 13.5 Å². The van der Waals surface area contributed by atoms with Gasteiger partial charge in [-0.25, -0.2) is 0 Å². The van der Waals surface area contributed by atoms with Crippen LogP contribution in [0.2, 0.25) is 0 Å².